The summed E-state index contributed by atoms with van der Waals surface area (Å²) in [4.78, 5) is 24.1. The van der Waals surface area contributed by atoms with Crippen LogP contribution in [0, 0.1) is 5.41 Å². The number of ketones is 1. The highest BCUT2D eigenvalue weighted by Gasteiger charge is 2.37. The highest BCUT2D eigenvalue weighted by Crippen LogP contribution is 2.21. The van der Waals surface area contributed by atoms with Crippen LogP contribution in [0.3, 0.4) is 0 Å². The quantitative estimate of drug-likeness (QED) is 0.744. The Morgan fingerprint density at radius 3 is 1.87 bits per heavy atom. The standard InChI is InChI=1S/C15H27F3N2O3/c1-13(2,3)12(23)10(19-14(4,5)6)7-20(8-11(21)22)9-15(16,17)18/h10,19H,7-9H2,1-6H3,(H,21,22). The number of nitrogens with zero attached hydrogens (tertiary/aromatic N) is 1. The maximum Gasteiger partial charge on any atom is 0.401 e. The molecule has 0 aromatic carbocycles. The lowest BCUT2D eigenvalue weighted by Crippen LogP contribution is -2.57. The van der Waals surface area contributed by atoms with Gasteiger partial charge in [0.25, 0.3) is 0 Å². The zero-order chi connectivity index (χ0) is 18.6. The van der Waals surface area contributed by atoms with Gasteiger partial charge in [-0.25, -0.2) is 0 Å². The molecule has 0 saturated carbocycles. The number of rotatable bonds is 7. The van der Waals surface area contributed by atoms with E-state index in [0.29, 0.717) is 0 Å². The lowest BCUT2D eigenvalue weighted by molar-refractivity contribution is -0.156. The molecule has 136 valence electrons. The van der Waals surface area contributed by atoms with Gasteiger partial charge >= 0.3 is 12.1 Å². The van der Waals surface area contributed by atoms with Gasteiger partial charge in [-0.3, -0.25) is 14.5 Å². The molecule has 23 heavy (non-hydrogen) atoms. The van der Waals surface area contributed by atoms with E-state index in [4.69, 9.17) is 5.11 Å². The molecular weight excluding hydrogens is 313 g/mol. The first-order valence-corrected chi connectivity index (χ1v) is 7.34. The minimum atomic E-state index is -4.54. The first kappa shape index (κ1) is 21.9. The molecule has 8 heteroatoms. The molecule has 1 unspecified atom stereocenters. The monoisotopic (exact) mass is 340 g/mol. The maximum absolute atomic E-state index is 12.6. The van der Waals surface area contributed by atoms with Crippen molar-refractivity contribution in [2.24, 2.45) is 5.41 Å². The van der Waals surface area contributed by atoms with E-state index >= 15 is 0 Å². The lowest BCUT2D eigenvalue weighted by atomic mass is 9.85. The zero-order valence-corrected chi connectivity index (χ0v) is 14.5. The van der Waals surface area contributed by atoms with Crippen LogP contribution in [0.15, 0.2) is 0 Å². The van der Waals surface area contributed by atoms with Crippen LogP contribution in [0.25, 0.3) is 0 Å². The predicted octanol–water partition coefficient (Wildman–Crippen LogP) is 2.31. The van der Waals surface area contributed by atoms with Crippen LogP contribution in [0.5, 0.6) is 0 Å². The van der Waals surface area contributed by atoms with Gasteiger partial charge in [0.15, 0.2) is 5.78 Å². The van der Waals surface area contributed by atoms with Crippen molar-refractivity contribution in [3.63, 3.8) is 0 Å². The van der Waals surface area contributed by atoms with Crippen LogP contribution < -0.4 is 5.32 Å². The summed E-state index contributed by atoms with van der Waals surface area (Å²) in [5.74, 6) is -1.63. The summed E-state index contributed by atoms with van der Waals surface area (Å²) in [5, 5.41) is 11.8. The second kappa shape index (κ2) is 7.61. The number of Topliss-reactive ketones (excluding diaryl/α,β-unsaturated/α-hetero) is 1. The third-order valence-electron chi connectivity index (χ3n) is 2.87. The van der Waals surface area contributed by atoms with Crippen molar-refractivity contribution in [3.05, 3.63) is 0 Å². The first-order valence-electron chi connectivity index (χ1n) is 7.34. The summed E-state index contributed by atoms with van der Waals surface area (Å²) in [6.07, 6.45) is -4.54. The summed E-state index contributed by atoms with van der Waals surface area (Å²) >= 11 is 0. The second-order valence-electron chi connectivity index (χ2n) is 7.74. The van der Waals surface area contributed by atoms with E-state index in [1.54, 1.807) is 41.5 Å². The molecule has 0 fully saturated rings. The van der Waals surface area contributed by atoms with Crippen molar-refractivity contribution < 1.29 is 27.9 Å². The van der Waals surface area contributed by atoms with Gasteiger partial charge in [0.05, 0.1) is 19.1 Å². The molecular formula is C15H27F3N2O3. The average Bonchev–Trinajstić information content (AvgIpc) is 2.20. The number of carboxylic acid groups (broad SMARTS) is 1. The molecule has 2 N–H and O–H groups in total. The summed E-state index contributed by atoms with van der Waals surface area (Å²) < 4.78 is 37.9. The van der Waals surface area contributed by atoms with Gasteiger partial charge in [-0.05, 0) is 20.8 Å². The largest absolute Gasteiger partial charge is 0.480 e. The number of alkyl halides is 3. The average molecular weight is 340 g/mol. The van der Waals surface area contributed by atoms with Crippen molar-refractivity contribution in [3.8, 4) is 0 Å². The van der Waals surface area contributed by atoms with Crippen LogP contribution in [-0.2, 0) is 9.59 Å². The molecule has 0 amide bonds. The molecule has 0 bridgehead atoms. The Morgan fingerprint density at radius 2 is 1.57 bits per heavy atom. The molecule has 0 aromatic heterocycles. The van der Waals surface area contributed by atoms with E-state index in [-0.39, 0.29) is 12.3 Å². The van der Waals surface area contributed by atoms with Crippen LogP contribution >= 0.6 is 0 Å². The van der Waals surface area contributed by atoms with Crippen LogP contribution in [-0.4, -0.2) is 59.2 Å². The smallest absolute Gasteiger partial charge is 0.401 e. The van der Waals surface area contributed by atoms with E-state index in [2.05, 4.69) is 5.32 Å². The van der Waals surface area contributed by atoms with Gasteiger partial charge in [0, 0.05) is 17.5 Å². The number of hydrogen-bond donors (Lipinski definition) is 2. The van der Waals surface area contributed by atoms with Gasteiger partial charge < -0.3 is 10.4 Å². The highest BCUT2D eigenvalue weighted by atomic mass is 19.4. The Morgan fingerprint density at radius 1 is 1.09 bits per heavy atom. The van der Waals surface area contributed by atoms with Crippen molar-refractivity contribution in [1.82, 2.24) is 10.2 Å². The molecule has 0 aliphatic rings. The van der Waals surface area contributed by atoms with E-state index in [1.807, 2.05) is 0 Å². The molecule has 5 nitrogen and oxygen atoms in total. The Labute approximate surface area is 135 Å². The summed E-state index contributed by atoms with van der Waals surface area (Å²) in [7, 11) is 0. The SMILES string of the molecule is CC(C)(C)NC(CN(CC(=O)O)CC(F)(F)F)C(=O)C(C)(C)C. The van der Waals surface area contributed by atoms with Gasteiger partial charge in [-0.1, -0.05) is 20.8 Å². The maximum atomic E-state index is 12.6. The van der Waals surface area contributed by atoms with Gasteiger partial charge in [0.2, 0.25) is 0 Å². The molecule has 0 saturated heterocycles. The van der Waals surface area contributed by atoms with E-state index in [9.17, 15) is 22.8 Å². The minimum absolute atomic E-state index is 0.259. The van der Waals surface area contributed by atoms with Crippen molar-refractivity contribution in [2.45, 2.75) is 59.3 Å². The normalized spacial score (nSPS) is 14.9. The fourth-order valence-corrected chi connectivity index (χ4v) is 2.13. The molecule has 0 radical (unpaired) electrons. The molecule has 0 aliphatic carbocycles. The molecule has 0 rings (SSSR count). The van der Waals surface area contributed by atoms with Crippen LogP contribution in [0.4, 0.5) is 13.2 Å². The topological polar surface area (TPSA) is 69.6 Å². The number of carbonyl (C=O) groups excluding carboxylic acids is 1. The Kier molecular flexibility index (Phi) is 7.23. The summed E-state index contributed by atoms with van der Waals surface area (Å²) in [5.41, 5.74) is -1.26. The first-order chi connectivity index (χ1) is 10.0. The Hall–Kier alpha value is -1.15. The Bertz CT molecular complexity index is 423. The van der Waals surface area contributed by atoms with Crippen molar-refractivity contribution in [1.29, 1.82) is 0 Å². The number of halogens is 3. The number of carboxylic acids is 1. The van der Waals surface area contributed by atoms with Crippen molar-refractivity contribution in [2.75, 3.05) is 19.6 Å². The summed E-state index contributed by atoms with van der Waals surface area (Å²) in [6, 6.07) is -0.892. The van der Waals surface area contributed by atoms with Crippen LogP contribution in [0.2, 0.25) is 0 Å². The molecule has 0 heterocycles. The van der Waals surface area contributed by atoms with Gasteiger partial charge in [0.1, 0.15) is 0 Å². The Balaban J connectivity index is 5.34. The highest BCUT2D eigenvalue weighted by molar-refractivity contribution is 5.89. The van der Waals surface area contributed by atoms with E-state index in [1.165, 1.54) is 0 Å². The predicted molar refractivity (Wildman–Crippen MR) is 81.3 cm³/mol. The number of hydrogen-bond acceptors (Lipinski definition) is 4. The van der Waals surface area contributed by atoms with Gasteiger partial charge in [-0.15, -0.1) is 0 Å². The van der Waals surface area contributed by atoms with Gasteiger partial charge in [-0.2, -0.15) is 13.2 Å². The summed E-state index contributed by atoms with van der Waals surface area (Å²) in [6.45, 7) is 7.94. The third-order valence-corrected chi connectivity index (χ3v) is 2.87. The number of aliphatic carboxylic acids is 1. The molecule has 1 atom stereocenters. The fraction of sp³-hybridized carbons (Fsp3) is 0.867. The minimum Gasteiger partial charge on any atom is -0.480 e. The number of carbonyl (C=O) groups is 2. The zero-order valence-electron chi connectivity index (χ0n) is 14.5. The second-order valence-corrected chi connectivity index (χ2v) is 7.74. The van der Waals surface area contributed by atoms with E-state index < -0.39 is 42.2 Å². The van der Waals surface area contributed by atoms with Crippen LogP contribution in [0.1, 0.15) is 41.5 Å². The van der Waals surface area contributed by atoms with E-state index in [0.717, 1.165) is 4.90 Å². The lowest BCUT2D eigenvalue weighted by Gasteiger charge is -2.35. The van der Waals surface area contributed by atoms with Crippen molar-refractivity contribution >= 4 is 11.8 Å². The molecule has 0 aliphatic heterocycles. The number of nitrogens with one attached hydrogen (secondary N) is 1. The molecule has 0 aromatic rings. The third kappa shape index (κ3) is 10.3. The molecule has 0 spiro atoms. The fourth-order valence-electron chi connectivity index (χ4n) is 2.13.